The van der Waals surface area contributed by atoms with E-state index >= 15 is 0 Å². The van der Waals surface area contributed by atoms with Crippen molar-refractivity contribution in [3.05, 3.63) is 35.4 Å². The van der Waals surface area contributed by atoms with E-state index in [0.717, 1.165) is 38.8 Å². The average Bonchev–Trinajstić information content (AvgIpc) is 2.41. The van der Waals surface area contributed by atoms with Crippen LogP contribution in [0.25, 0.3) is 0 Å². The third-order valence-corrected chi connectivity index (χ3v) is 3.34. The first-order chi connectivity index (χ1) is 9.17. The quantitative estimate of drug-likeness (QED) is 0.836. The summed E-state index contributed by atoms with van der Waals surface area (Å²) in [6, 6.07) is 7.59. The summed E-state index contributed by atoms with van der Waals surface area (Å²) in [6.45, 7) is 2.61. The molecule has 0 aliphatic carbocycles. The molecule has 0 aromatic heterocycles. The monoisotopic (exact) mass is 262 g/mol. The molecule has 1 aromatic rings. The van der Waals surface area contributed by atoms with Gasteiger partial charge in [0.05, 0.1) is 0 Å². The first-order valence-corrected chi connectivity index (χ1v) is 6.40. The summed E-state index contributed by atoms with van der Waals surface area (Å²) >= 11 is 0. The predicted molar refractivity (Wildman–Crippen MR) is 70.8 cm³/mol. The molecule has 2 N–H and O–H groups in total. The van der Waals surface area contributed by atoms with Crippen LogP contribution in [-0.2, 0) is 11.3 Å². The van der Waals surface area contributed by atoms with E-state index < -0.39 is 6.09 Å². The Kier molecular flexibility index (Phi) is 4.52. The van der Waals surface area contributed by atoms with Crippen molar-refractivity contribution in [2.75, 3.05) is 13.1 Å². The standard InChI is InChI=1S/C14H18N2O3/c15-14(18)19-13-5-7-16(8-6-13)9-11-1-3-12(10-17)4-2-11/h1-4,10,13H,5-9H2,(H2,15,18). The van der Waals surface area contributed by atoms with E-state index in [9.17, 15) is 9.59 Å². The van der Waals surface area contributed by atoms with Crippen molar-refractivity contribution in [3.63, 3.8) is 0 Å². The third-order valence-electron chi connectivity index (χ3n) is 3.34. The number of likely N-dealkylation sites (tertiary alicyclic amines) is 1. The fourth-order valence-corrected chi connectivity index (χ4v) is 2.31. The number of nitrogens with two attached hydrogens (primary N) is 1. The van der Waals surface area contributed by atoms with Crippen LogP contribution >= 0.6 is 0 Å². The summed E-state index contributed by atoms with van der Waals surface area (Å²) in [7, 11) is 0. The van der Waals surface area contributed by atoms with Crippen molar-refractivity contribution < 1.29 is 14.3 Å². The van der Waals surface area contributed by atoms with Gasteiger partial charge in [0.15, 0.2) is 0 Å². The number of carbonyl (C=O) groups excluding carboxylic acids is 2. The van der Waals surface area contributed by atoms with Gasteiger partial charge in [-0.25, -0.2) is 4.79 Å². The molecule has 102 valence electrons. The Hall–Kier alpha value is -1.88. The SMILES string of the molecule is NC(=O)OC1CCN(Cc2ccc(C=O)cc2)CC1. The van der Waals surface area contributed by atoms with E-state index in [0.29, 0.717) is 5.56 Å². The summed E-state index contributed by atoms with van der Waals surface area (Å²) in [5.74, 6) is 0. The minimum atomic E-state index is -0.692. The first-order valence-electron chi connectivity index (χ1n) is 6.40. The zero-order valence-corrected chi connectivity index (χ0v) is 10.7. The Morgan fingerprint density at radius 3 is 2.47 bits per heavy atom. The minimum Gasteiger partial charge on any atom is -0.446 e. The highest BCUT2D eigenvalue weighted by molar-refractivity contribution is 5.74. The molecule has 19 heavy (non-hydrogen) atoms. The number of primary amides is 1. The second-order valence-corrected chi connectivity index (χ2v) is 4.77. The van der Waals surface area contributed by atoms with Gasteiger partial charge in [-0.05, 0) is 18.4 Å². The highest BCUT2D eigenvalue weighted by Gasteiger charge is 2.21. The normalized spacial score (nSPS) is 17.1. The Morgan fingerprint density at radius 1 is 1.32 bits per heavy atom. The molecule has 5 heteroatoms. The summed E-state index contributed by atoms with van der Waals surface area (Å²) in [4.78, 5) is 23.5. The maximum absolute atomic E-state index is 10.7. The van der Waals surface area contributed by atoms with Crippen LogP contribution in [0, 0.1) is 0 Å². The molecule has 0 bridgehead atoms. The maximum atomic E-state index is 10.7. The molecule has 0 atom stereocenters. The molecular weight excluding hydrogens is 244 g/mol. The van der Waals surface area contributed by atoms with Crippen molar-refractivity contribution in [2.24, 2.45) is 5.73 Å². The zero-order valence-electron chi connectivity index (χ0n) is 10.7. The summed E-state index contributed by atoms with van der Waals surface area (Å²) < 4.78 is 4.99. The number of aldehydes is 1. The molecule has 1 aromatic carbocycles. The Bertz CT molecular complexity index is 437. The topological polar surface area (TPSA) is 72.6 Å². The van der Waals surface area contributed by atoms with Gasteiger partial charge in [-0.2, -0.15) is 0 Å². The predicted octanol–water partition coefficient (Wildman–Crippen LogP) is 1.56. The van der Waals surface area contributed by atoms with Gasteiger partial charge in [0.2, 0.25) is 0 Å². The van der Waals surface area contributed by atoms with Crippen molar-refractivity contribution in [3.8, 4) is 0 Å². The maximum Gasteiger partial charge on any atom is 0.404 e. The number of benzene rings is 1. The molecule has 1 heterocycles. The van der Waals surface area contributed by atoms with E-state index in [4.69, 9.17) is 10.5 Å². The van der Waals surface area contributed by atoms with Crippen LogP contribution in [0.5, 0.6) is 0 Å². The number of ether oxygens (including phenoxy) is 1. The zero-order chi connectivity index (χ0) is 13.7. The van der Waals surface area contributed by atoms with Crippen molar-refractivity contribution in [2.45, 2.75) is 25.5 Å². The Morgan fingerprint density at radius 2 is 1.95 bits per heavy atom. The lowest BCUT2D eigenvalue weighted by atomic mass is 10.1. The van der Waals surface area contributed by atoms with E-state index in [-0.39, 0.29) is 6.10 Å². The van der Waals surface area contributed by atoms with E-state index in [1.807, 2.05) is 24.3 Å². The summed E-state index contributed by atoms with van der Waals surface area (Å²) in [6.07, 6.45) is 1.73. The van der Waals surface area contributed by atoms with Gasteiger partial charge in [-0.15, -0.1) is 0 Å². The van der Waals surface area contributed by atoms with Gasteiger partial charge in [0.25, 0.3) is 0 Å². The van der Waals surface area contributed by atoms with Crippen LogP contribution in [0.4, 0.5) is 4.79 Å². The number of piperidine rings is 1. The fourth-order valence-electron chi connectivity index (χ4n) is 2.31. The van der Waals surface area contributed by atoms with Crippen LogP contribution in [0.1, 0.15) is 28.8 Å². The highest BCUT2D eigenvalue weighted by Crippen LogP contribution is 2.16. The molecule has 1 aliphatic rings. The van der Waals surface area contributed by atoms with E-state index in [1.54, 1.807) is 0 Å². The van der Waals surface area contributed by atoms with E-state index in [1.165, 1.54) is 5.56 Å². The van der Waals surface area contributed by atoms with Crippen molar-refractivity contribution >= 4 is 12.4 Å². The summed E-state index contributed by atoms with van der Waals surface area (Å²) in [5.41, 5.74) is 6.88. The molecule has 2 rings (SSSR count). The average molecular weight is 262 g/mol. The number of amides is 1. The van der Waals surface area contributed by atoms with Gasteiger partial charge < -0.3 is 10.5 Å². The Labute approximate surface area is 112 Å². The lowest BCUT2D eigenvalue weighted by Gasteiger charge is -2.31. The largest absolute Gasteiger partial charge is 0.446 e. The molecule has 5 nitrogen and oxygen atoms in total. The van der Waals surface area contributed by atoms with E-state index in [2.05, 4.69) is 4.90 Å². The number of carbonyl (C=O) groups is 2. The van der Waals surface area contributed by atoms with Crippen molar-refractivity contribution in [1.82, 2.24) is 4.90 Å². The molecule has 1 fully saturated rings. The lowest BCUT2D eigenvalue weighted by Crippen LogP contribution is -2.38. The first kappa shape index (κ1) is 13.5. The molecule has 0 spiro atoms. The lowest BCUT2D eigenvalue weighted by molar-refractivity contribution is 0.0541. The van der Waals surface area contributed by atoms with Crippen LogP contribution in [-0.4, -0.2) is 36.5 Å². The van der Waals surface area contributed by atoms with Crippen LogP contribution in [0.3, 0.4) is 0 Å². The fraction of sp³-hybridized carbons (Fsp3) is 0.429. The molecule has 1 amide bonds. The molecule has 0 saturated carbocycles. The third kappa shape index (κ3) is 4.06. The van der Waals surface area contributed by atoms with Crippen LogP contribution < -0.4 is 5.73 Å². The molecule has 1 aliphatic heterocycles. The number of hydrogen-bond donors (Lipinski definition) is 1. The van der Waals surface area contributed by atoms with Gasteiger partial charge in [0.1, 0.15) is 12.4 Å². The van der Waals surface area contributed by atoms with Gasteiger partial charge in [-0.1, -0.05) is 24.3 Å². The number of hydrogen-bond acceptors (Lipinski definition) is 4. The number of rotatable bonds is 4. The van der Waals surface area contributed by atoms with Gasteiger partial charge in [0, 0.05) is 25.2 Å². The molecule has 1 saturated heterocycles. The highest BCUT2D eigenvalue weighted by atomic mass is 16.6. The van der Waals surface area contributed by atoms with Crippen LogP contribution in [0.2, 0.25) is 0 Å². The Balaban J connectivity index is 1.81. The van der Waals surface area contributed by atoms with Crippen LogP contribution in [0.15, 0.2) is 24.3 Å². The summed E-state index contributed by atoms with van der Waals surface area (Å²) in [5, 5.41) is 0. The van der Waals surface area contributed by atoms with Crippen molar-refractivity contribution in [1.29, 1.82) is 0 Å². The van der Waals surface area contributed by atoms with Gasteiger partial charge in [-0.3, -0.25) is 9.69 Å². The minimum absolute atomic E-state index is 0.0498. The molecular formula is C14H18N2O3. The second kappa shape index (κ2) is 6.33. The number of nitrogens with zero attached hydrogens (tertiary/aromatic N) is 1. The smallest absolute Gasteiger partial charge is 0.404 e. The molecule has 0 unspecified atom stereocenters. The van der Waals surface area contributed by atoms with Gasteiger partial charge >= 0.3 is 6.09 Å². The molecule has 0 radical (unpaired) electrons. The second-order valence-electron chi connectivity index (χ2n) is 4.77.